The first-order valence-corrected chi connectivity index (χ1v) is 8.86. The van der Waals surface area contributed by atoms with Gasteiger partial charge in [0.15, 0.2) is 0 Å². The Bertz CT molecular complexity index is 684. The third-order valence-corrected chi connectivity index (χ3v) is 4.59. The molecule has 0 aliphatic heterocycles. The van der Waals surface area contributed by atoms with Gasteiger partial charge >= 0.3 is 0 Å². The van der Waals surface area contributed by atoms with Gasteiger partial charge in [0, 0.05) is 11.4 Å². The molecule has 3 rings (SSSR count). The maximum atomic E-state index is 12.2. The molecule has 0 bridgehead atoms. The number of benzene rings is 2. The van der Waals surface area contributed by atoms with Crippen LogP contribution in [0.15, 0.2) is 48.5 Å². The van der Waals surface area contributed by atoms with Gasteiger partial charge < -0.3 is 10.1 Å². The van der Waals surface area contributed by atoms with Crippen molar-refractivity contribution >= 4 is 17.5 Å². The maximum Gasteiger partial charge on any atom is 0.220 e. The van der Waals surface area contributed by atoms with E-state index < -0.39 is 0 Å². The molecule has 0 radical (unpaired) electrons. The Morgan fingerprint density at radius 2 is 1.96 bits per heavy atom. The predicted molar refractivity (Wildman–Crippen MR) is 96.4 cm³/mol. The SMILES string of the molecule is O=C(CCCOc1ccc(Cl)cc1)N[C@@H]1CCCc2ccccc21. The minimum Gasteiger partial charge on any atom is -0.494 e. The molecule has 24 heavy (non-hydrogen) atoms. The molecule has 1 aliphatic rings. The zero-order valence-corrected chi connectivity index (χ0v) is 14.4. The molecule has 1 aliphatic carbocycles. The van der Waals surface area contributed by atoms with Crippen LogP contribution >= 0.6 is 11.6 Å². The van der Waals surface area contributed by atoms with Gasteiger partial charge in [-0.1, -0.05) is 35.9 Å². The average Bonchev–Trinajstić information content (AvgIpc) is 2.61. The van der Waals surface area contributed by atoms with Crippen molar-refractivity contribution in [1.29, 1.82) is 0 Å². The topological polar surface area (TPSA) is 38.3 Å². The van der Waals surface area contributed by atoms with Crippen molar-refractivity contribution in [2.45, 2.75) is 38.1 Å². The Kier molecular flexibility index (Phi) is 5.76. The number of halogens is 1. The molecule has 1 N–H and O–H groups in total. The first-order chi connectivity index (χ1) is 11.7. The van der Waals surface area contributed by atoms with Crippen LogP contribution in [0.5, 0.6) is 5.75 Å². The van der Waals surface area contributed by atoms with Crippen molar-refractivity contribution in [2.24, 2.45) is 0 Å². The van der Waals surface area contributed by atoms with Crippen LogP contribution in [0.4, 0.5) is 0 Å². The van der Waals surface area contributed by atoms with Crippen LogP contribution in [0, 0.1) is 0 Å². The molecule has 0 spiro atoms. The molecule has 2 aromatic rings. The monoisotopic (exact) mass is 343 g/mol. The summed E-state index contributed by atoms with van der Waals surface area (Å²) in [5.41, 5.74) is 2.63. The van der Waals surface area contributed by atoms with E-state index >= 15 is 0 Å². The van der Waals surface area contributed by atoms with Gasteiger partial charge in [-0.25, -0.2) is 0 Å². The van der Waals surface area contributed by atoms with E-state index in [4.69, 9.17) is 16.3 Å². The van der Waals surface area contributed by atoms with E-state index in [2.05, 4.69) is 23.5 Å². The molecule has 0 saturated carbocycles. The van der Waals surface area contributed by atoms with Crippen molar-refractivity contribution < 1.29 is 9.53 Å². The smallest absolute Gasteiger partial charge is 0.220 e. The van der Waals surface area contributed by atoms with Crippen molar-refractivity contribution in [3.63, 3.8) is 0 Å². The molecule has 0 unspecified atom stereocenters. The number of hydrogen-bond donors (Lipinski definition) is 1. The number of rotatable bonds is 6. The van der Waals surface area contributed by atoms with E-state index in [0.29, 0.717) is 24.5 Å². The largest absolute Gasteiger partial charge is 0.494 e. The molecule has 4 heteroatoms. The van der Waals surface area contributed by atoms with Gasteiger partial charge in [0.2, 0.25) is 5.91 Å². The van der Waals surface area contributed by atoms with Crippen molar-refractivity contribution in [1.82, 2.24) is 5.32 Å². The van der Waals surface area contributed by atoms with E-state index in [-0.39, 0.29) is 11.9 Å². The molecule has 1 atom stereocenters. The Morgan fingerprint density at radius 1 is 1.17 bits per heavy atom. The lowest BCUT2D eigenvalue weighted by Gasteiger charge is -2.26. The van der Waals surface area contributed by atoms with Gasteiger partial charge in [-0.2, -0.15) is 0 Å². The van der Waals surface area contributed by atoms with Crippen LogP contribution in [-0.2, 0) is 11.2 Å². The third-order valence-electron chi connectivity index (χ3n) is 4.34. The summed E-state index contributed by atoms with van der Waals surface area (Å²) in [6.07, 6.45) is 4.43. The van der Waals surface area contributed by atoms with Gasteiger partial charge in [0.25, 0.3) is 0 Å². The Hall–Kier alpha value is -2.00. The second-order valence-corrected chi connectivity index (χ2v) is 6.55. The summed E-state index contributed by atoms with van der Waals surface area (Å²) in [7, 11) is 0. The number of carbonyl (C=O) groups is 1. The normalized spacial score (nSPS) is 16.3. The third kappa shape index (κ3) is 4.51. The highest BCUT2D eigenvalue weighted by Gasteiger charge is 2.20. The van der Waals surface area contributed by atoms with E-state index in [9.17, 15) is 4.79 Å². The van der Waals surface area contributed by atoms with E-state index in [0.717, 1.165) is 25.0 Å². The zero-order valence-electron chi connectivity index (χ0n) is 13.6. The lowest BCUT2D eigenvalue weighted by atomic mass is 9.87. The number of amides is 1. The minimum atomic E-state index is 0.0939. The van der Waals surface area contributed by atoms with Crippen LogP contribution in [0.3, 0.4) is 0 Å². The summed E-state index contributed by atoms with van der Waals surface area (Å²) in [6, 6.07) is 15.8. The summed E-state index contributed by atoms with van der Waals surface area (Å²) in [5, 5.41) is 3.86. The van der Waals surface area contributed by atoms with Gasteiger partial charge in [0.05, 0.1) is 12.6 Å². The highest BCUT2D eigenvalue weighted by Crippen LogP contribution is 2.29. The maximum absolute atomic E-state index is 12.2. The number of aryl methyl sites for hydroxylation is 1. The molecule has 3 nitrogen and oxygen atoms in total. The standard InChI is InChI=1S/C20H22ClNO2/c21-16-10-12-17(13-11-16)24-14-4-9-20(23)22-19-8-3-6-15-5-1-2-7-18(15)19/h1-2,5,7,10-13,19H,3-4,6,8-9,14H2,(H,22,23)/t19-/m1/s1. The van der Waals surface area contributed by atoms with Crippen molar-refractivity contribution in [2.75, 3.05) is 6.61 Å². The molecule has 0 heterocycles. The lowest BCUT2D eigenvalue weighted by Crippen LogP contribution is -2.31. The number of ether oxygens (including phenoxy) is 1. The van der Waals surface area contributed by atoms with Crippen LogP contribution in [0.25, 0.3) is 0 Å². The molecule has 0 saturated heterocycles. The molecule has 2 aromatic carbocycles. The first kappa shape index (κ1) is 16.8. The first-order valence-electron chi connectivity index (χ1n) is 8.48. The van der Waals surface area contributed by atoms with Crippen LogP contribution in [0.1, 0.15) is 42.9 Å². The number of carbonyl (C=O) groups excluding carboxylic acids is 1. The van der Waals surface area contributed by atoms with Crippen molar-refractivity contribution in [3.8, 4) is 5.75 Å². The second kappa shape index (κ2) is 8.20. The average molecular weight is 344 g/mol. The molecule has 0 fully saturated rings. The summed E-state index contributed by atoms with van der Waals surface area (Å²) in [5.74, 6) is 0.873. The lowest BCUT2D eigenvalue weighted by molar-refractivity contribution is -0.122. The minimum absolute atomic E-state index is 0.0939. The highest BCUT2D eigenvalue weighted by atomic mass is 35.5. The van der Waals surface area contributed by atoms with Gasteiger partial charge in [-0.3, -0.25) is 4.79 Å². The highest BCUT2D eigenvalue weighted by molar-refractivity contribution is 6.30. The van der Waals surface area contributed by atoms with Gasteiger partial charge in [-0.15, -0.1) is 0 Å². The fourth-order valence-electron chi connectivity index (χ4n) is 3.12. The summed E-state index contributed by atoms with van der Waals surface area (Å²) in [6.45, 7) is 0.524. The van der Waals surface area contributed by atoms with E-state index in [1.54, 1.807) is 12.1 Å². The van der Waals surface area contributed by atoms with Crippen LogP contribution in [0.2, 0.25) is 5.02 Å². The van der Waals surface area contributed by atoms with E-state index in [1.807, 2.05) is 18.2 Å². The van der Waals surface area contributed by atoms with Crippen LogP contribution < -0.4 is 10.1 Å². The molecule has 0 aromatic heterocycles. The van der Waals surface area contributed by atoms with Crippen molar-refractivity contribution in [3.05, 3.63) is 64.7 Å². The number of fused-ring (bicyclic) bond motifs is 1. The molecular formula is C20H22ClNO2. The van der Waals surface area contributed by atoms with Gasteiger partial charge in [-0.05, 0) is 61.1 Å². The molecule has 1 amide bonds. The fraction of sp³-hybridized carbons (Fsp3) is 0.350. The zero-order chi connectivity index (χ0) is 16.8. The second-order valence-electron chi connectivity index (χ2n) is 6.12. The van der Waals surface area contributed by atoms with Crippen LogP contribution in [-0.4, -0.2) is 12.5 Å². The van der Waals surface area contributed by atoms with E-state index in [1.165, 1.54) is 11.1 Å². The Labute approximate surface area is 148 Å². The Morgan fingerprint density at radius 3 is 2.79 bits per heavy atom. The predicted octanol–water partition coefficient (Wildman–Crippen LogP) is 4.69. The van der Waals surface area contributed by atoms with Gasteiger partial charge in [0.1, 0.15) is 5.75 Å². The summed E-state index contributed by atoms with van der Waals surface area (Å²) >= 11 is 5.83. The summed E-state index contributed by atoms with van der Waals surface area (Å²) in [4.78, 5) is 12.2. The Balaban J connectivity index is 1.42. The quantitative estimate of drug-likeness (QED) is 0.772. The number of nitrogens with one attached hydrogen (secondary N) is 1. The fourth-order valence-corrected chi connectivity index (χ4v) is 3.25. The molecular weight excluding hydrogens is 322 g/mol. The number of hydrogen-bond acceptors (Lipinski definition) is 2. The molecule has 126 valence electrons. The summed E-state index contributed by atoms with van der Waals surface area (Å²) < 4.78 is 5.62.